The van der Waals surface area contributed by atoms with Gasteiger partial charge in [0.1, 0.15) is 11.5 Å². The minimum atomic E-state index is -0.227. The molecule has 0 spiro atoms. The molecular formula is C21H23N5O. The second-order valence-electron chi connectivity index (χ2n) is 6.46. The highest BCUT2D eigenvalue weighted by Gasteiger charge is 2.10. The highest BCUT2D eigenvalue weighted by Crippen LogP contribution is 2.09. The Morgan fingerprint density at radius 2 is 1.89 bits per heavy atom. The van der Waals surface area contributed by atoms with Gasteiger partial charge in [0.15, 0.2) is 0 Å². The van der Waals surface area contributed by atoms with Crippen LogP contribution in [-0.4, -0.2) is 34.5 Å². The summed E-state index contributed by atoms with van der Waals surface area (Å²) in [6.45, 7) is 3.30. The van der Waals surface area contributed by atoms with Gasteiger partial charge in [-0.05, 0) is 36.6 Å². The molecule has 27 heavy (non-hydrogen) atoms. The summed E-state index contributed by atoms with van der Waals surface area (Å²) in [6.07, 6.45) is 7.62. The molecule has 2 aromatic heterocycles. The lowest BCUT2D eigenvalue weighted by Crippen LogP contribution is -2.25. The van der Waals surface area contributed by atoms with Crippen molar-refractivity contribution < 1.29 is 4.79 Å². The topological polar surface area (TPSA) is 71.0 Å². The Balaban J connectivity index is 1.53. The van der Waals surface area contributed by atoms with Gasteiger partial charge in [-0.25, -0.2) is 9.97 Å². The lowest BCUT2D eigenvalue weighted by molar-refractivity contribution is 0.0945. The molecular weight excluding hydrogens is 338 g/mol. The Bertz CT molecular complexity index is 881. The molecule has 0 atom stereocenters. The van der Waals surface area contributed by atoms with E-state index in [-0.39, 0.29) is 5.91 Å². The molecule has 0 aliphatic rings. The number of carbonyl (C=O) groups is 1. The fraction of sp³-hybridized carbons (Fsp3) is 0.238. The predicted molar refractivity (Wildman–Crippen MR) is 106 cm³/mol. The molecule has 1 N–H and O–H groups in total. The number of hydrogen-bond donors (Lipinski definition) is 1. The van der Waals surface area contributed by atoms with Gasteiger partial charge in [-0.3, -0.25) is 9.78 Å². The number of pyridine rings is 1. The lowest BCUT2D eigenvalue weighted by atomic mass is 10.1. The van der Waals surface area contributed by atoms with Crippen molar-refractivity contribution in [1.29, 1.82) is 0 Å². The van der Waals surface area contributed by atoms with Gasteiger partial charge in [-0.15, -0.1) is 0 Å². The van der Waals surface area contributed by atoms with Crippen molar-refractivity contribution in [3.8, 4) is 0 Å². The predicted octanol–water partition coefficient (Wildman–Crippen LogP) is 2.79. The van der Waals surface area contributed by atoms with E-state index in [1.165, 1.54) is 17.3 Å². The van der Waals surface area contributed by atoms with Crippen LogP contribution in [0.3, 0.4) is 0 Å². The average molecular weight is 361 g/mol. The third-order valence-corrected chi connectivity index (χ3v) is 4.28. The van der Waals surface area contributed by atoms with E-state index >= 15 is 0 Å². The van der Waals surface area contributed by atoms with E-state index < -0.39 is 0 Å². The molecule has 6 nitrogen and oxygen atoms in total. The van der Waals surface area contributed by atoms with E-state index in [9.17, 15) is 4.79 Å². The summed E-state index contributed by atoms with van der Waals surface area (Å²) in [6, 6.07) is 12.0. The first-order valence-electron chi connectivity index (χ1n) is 8.87. The molecule has 1 amide bonds. The molecule has 138 valence electrons. The summed E-state index contributed by atoms with van der Waals surface area (Å²) in [4.78, 5) is 26.9. The van der Waals surface area contributed by atoms with E-state index in [1.54, 1.807) is 18.6 Å². The van der Waals surface area contributed by atoms with Crippen LogP contribution in [-0.2, 0) is 13.0 Å². The first-order valence-corrected chi connectivity index (χ1v) is 8.87. The maximum Gasteiger partial charge on any atom is 0.271 e. The monoisotopic (exact) mass is 361 g/mol. The molecule has 0 saturated carbocycles. The standard InChI is InChI=1S/C21H23N5O/c1-16-4-3-5-18(12-16)13-25-21(27)19-14-24-20(15-23-19)26(2)11-8-17-6-9-22-10-7-17/h3-7,9-10,12,14-15H,8,11,13H2,1-2H3,(H,25,27). The third-order valence-electron chi connectivity index (χ3n) is 4.28. The van der Waals surface area contributed by atoms with E-state index in [1.807, 2.05) is 55.3 Å². The molecule has 6 heteroatoms. The number of nitrogens with zero attached hydrogens (tertiary/aromatic N) is 4. The summed E-state index contributed by atoms with van der Waals surface area (Å²) in [5, 5.41) is 2.88. The average Bonchev–Trinajstić information content (AvgIpc) is 2.71. The number of aromatic nitrogens is 3. The Labute approximate surface area is 159 Å². The number of hydrogen-bond acceptors (Lipinski definition) is 5. The summed E-state index contributed by atoms with van der Waals surface area (Å²) in [5.74, 6) is 0.509. The van der Waals surface area contributed by atoms with Crippen LogP contribution in [0.4, 0.5) is 5.82 Å². The molecule has 0 fully saturated rings. The molecule has 0 unspecified atom stereocenters. The van der Waals surface area contributed by atoms with E-state index in [0.29, 0.717) is 12.2 Å². The maximum atomic E-state index is 12.3. The largest absolute Gasteiger partial charge is 0.358 e. The zero-order chi connectivity index (χ0) is 19.1. The van der Waals surface area contributed by atoms with Gasteiger partial charge in [-0.2, -0.15) is 0 Å². The minimum absolute atomic E-state index is 0.227. The van der Waals surface area contributed by atoms with E-state index in [0.717, 1.165) is 24.3 Å². The zero-order valence-corrected chi connectivity index (χ0v) is 15.6. The molecule has 0 aliphatic carbocycles. The summed E-state index contributed by atoms with van der Waals surface area (Å²) >= 11 is 0. The van der Waals surface area contributed by atoms with Crippen LogP contribution in [0.5, 0.6) is 0 Å². The third kappa shape index (κ3) is 5.34. The van der Waals surface area contributed by atoms with Crippen molar-refractivity contribution in [2.75, 3.05) is 18.5 Å². The van der Waals surface area contributed by atoms with Gasteiger partial charge >= 0.3 is 0 Å². The molecule has 2 heterocycles. The fourth-order valence-electron chi connectivity index (χ4n) is 2.69. The first kappa shape index (κ1) is 18.5. The van der Waals surface area contributed by atoms with Crippen LogP contribution in [0.25, 0.3) is 0 Å². The highest BCUT2D eigenvalue weighted by atomic mass is 16.1. The van der Waals surface area contributed by atoms with Crippen LogP contribution in [0, 0.1) is 6.92 Å². The number of aryl methyl sites for hydroxylation is 1. The first-order chi connectivity index (χ1) is 13.1. The van der Waals surface area contributed by atoms with Gasteiger partial charge in [0, 0.05) is 32.5 Å². The van der Waals surface area contributed by atoms with Gasteiger partial charge in [0.05, 0.1) is 12.4 Å². The molecule has 1 aromatic carbocycles. The van der Waals surface area contributed by atoms with Crippen molar-refractivity contribution in [3.63, 3.8) is 0 Å². The zero-order valence-electron chi connectivity index (χ0n) is 15.6. The molecule has 3 rings (SSSR count). The smallest absolute Gasteiger partial charge is 0.271 e. The molecule has 3 aromatic rings. The Kier molecular flexibility index (Phi) is 6.10. The van der Waals surface area contributed by atoms with Crippen LogP contribution in [0.2, 0.25) is 0 Å². The molecule has 0 aliphatic heterocycles. The van der Waals surface area contributed by atoms with Gasteiger partial charge in [0.2, 0.25) is 0 Å². The van der Waals surface area contributed by atoms with Crippen molar-refractivity contribution in [3.05, 3.63) is 83.6 Å². The highest BCUT2D eigenvalue weighted by molar-refractivity contribution is 5.91. The van der Waals surface area contributed by atoms with Crippen LogP contribution in [0.15, 0.2) is 61.2 Å². The van der Waals surface area contributed by atoms with Gasteiger partial charge in [0.25, 0.3) is 5.91 Å². The fourth-order valence-corrected chi connectivity index (χ4v) is 2.69. The number of benzene rings is 1. The van der Waals surface area contributed by atoms with Crippen molar-refractivity contribution in [2.24, 2.45) is 0 Å². The normalized spacial score (nSPS) is 10.4. The van der Waals surface area contributed by atoms with Crippen LogP contribution >= 0.6 is 0 Å². The molecule has 0 bridgehead atoms. The van der Waals surface area contributed by atoms with Gasteiger partial charge in [-0.1, -0.05) is 29.8 Å². The SMILES string of the molecule is Cc1cccc(CNC(=O)c2cnc(N(C)CCc3ccncc3)cn2)c1. The maximum absolute atomic E-state index is 12.3. The van der Waals surface area contributed by atoms with E-state index in [2.05, 4.69) is 20.3 Å². The number of anilines is 1. The second-order valence-corrected chi connectivity index (χ2v) is 6.46. The number of amides is 1. The van der Waals surface area contributed by atoms with E-state index in [4.69, 9.17) is 0 Å². The van der Waals surface area contributed by atoms with Gasteiger partial charge < -0.3 is 10.2 Å². The molecule has 0 saturated heterocycles. The van der Waals surface area contributed by atoms with Crippen LogP contribution in [0.1, 0.15) is 27.2 Å². The molecule has 0 radical (unpaired) electrons. The number of carbonyl (C=O) groups excluding carboxylic acids is 1. The van der Waals surface area contributed by atoms with Crippen LogP contribution < -0.4 is 10.2 Å². The second kappa shape index (κ2) is 8.89. The Morgan fingerprint density at radius 3 is 2.59 bits per heavy atom. The van der Waals surface area contributed by atoms with Crippen molar-refractivity contribution in [1.82, 2.24) is 20.3 Å². The lowest BCUT2D eigenvalue weighted by Gasteiger charge is -2.17. The summed E-state index contributed by atoms with van der Waals surface area (Å²) in [5.41, 5.74) is 3.76. The quantitative estimate of drug-likeness (QED) is 0.701. The Morgan fingerprint density at radius 1 is 1.07 bits per heavy atom. The minimum Gasteiger partial charge on any atom is -0.358 e. The number of likely N-dealkylation sites (N-methyl/N-ethyl adjacent to an activating group) is 1. The van der Waals surface area contributed by atoms with Crippen molar-refractivity contribution in [2.45, 2.75) is 19.9 Å². The number of nitrogens with one attached hydrogen (secondary N) is 1. The summed E-state index contributed by atoms with van der Waals surface area (Å²) in [7, 11) is 1.96. The van der Waals surface area contributed by atoms with Crippen molar-refractivity contribution >= 4 is 11.7 Å². The number of rotatable bonds is 7. The summed E-state index contributed by atoms with van der Waals surface area (Å²) < 4.78 is 0. The Hall–Kier alpha value is -3.28.